The van der Waals surface area contributed by atoms with Crippen LogP contribution in [0.1, 0.15) is 0 Å². The zero-order valence-corrected chi connectivity index (χ0v) is 16.1. The fourth-order valence-corrected chi connectivity index (χ4v) is 3.42. The summed E-state index contributed by atoms with van der Waals surface area (Å²) >= 11 is 0. The molecule has 31 heavy (non-hydrogen) atoms. The van der Waals surface area contributed by atoms with Gasteiger partial charge in [-0.25, -0.2) is 22.0 Å². The number of hydrogen-bond acceptors (Lipinski definition) is 2. The van der Waals surface area contributed by atoms with Crippen LogP contribution in [0.4, 0.5) is 22.0 Å². The lowest BCUT2D eigenvalue weighted by molar-refractivity contribution is 0.381. The number of ether oxygens (including phenoxy) is 1. The van der Waals surface area contributed by atoms with Gasteiger partial charge in [0.15, 0.2) is 23.3 Å². The van der Waals surface area contributed by atoms with Gasteiger partial charge in [0.2, 0.25) is 5.82 Å². The number of rotatable bonds is 4. The molecule has 0 saturated heterocycles. The molecule has 2 nitrogen and oxygen atoms in total. The quantitative estimate of drug-likeness (QED) is 0.203. The van der Waals surface area contributed by atoms with Crippen molar-refractivity contribution in [1.29, 1.82) is 0 Å². The van der Waals surface area contributed by atoms with Gasteiger partial charge < -0.3 is 4.74 Å². The summed E-state index contributed by atoms with van der Waals surface area (Å²) in [5.74, 6) is -9.50. The second-order valence-corrected chi connectivity index (χ2v) is 6.62. The zero-order chi connectivity index (χ0) is 22.1. The summed E-state index contributed by atoms with van der Waals surface area (Å²) < 4.78 is 76.1. The minimum Gasteiger partial charge on any atom is -0.497 e. The molecule has 1 aromatic heterocycles. The van der Waals surface area contributed by atoms with Crippen LogP contribution in [0.5, 0.6) is 5.75 Å². The second kappa shape index (κ2) is 8.18. The Morgan fingerprint density at radius 1 is 0.645 bits per heavy atom. The van der Waals surface area contributed by atoms with E-state index in [1.54, 1.807) is 48.5 Å². The highest BCUT2D eigenvalue weighted by Gasteiger charge is 2.29. The Morgan fingerprint density at radius 3 is 1.94 bits per heavy atom. The summed E-state index contributed by atoms with van der Waals surface area (Å²) in [7, 11) is 1.49. The van der Waals surface area contributed by atoms with Crippen LogP contribution in [0.15, 0.2) is 66.9 Å². The maximum atomic E-state index is 14.7. The van der Waals surface area contributed by atoms with Crippen molar-refractivity contribution in [2.75, 3.05) is 7.11 Å². The van der Waals surface area contributed by atoms with Crippen molar-refractivity contribution < 1.29 is 26.7 Å². The summed E-state index contributed by atoms with van der Waals surface area (Å²) in [6.45, 7) is 0. The van der Waals surface area contributed by atoms with Crippen LogP contribution in [0.25, 0.3) is 33.5 Å². The fourth-order valence-electron chi connectivity index (χ4n) is 3.42. The number of methoxy groups -OCH3 is 1. The van der Waals surface area contributed by atoms with Crippen LogP contribution >= 0.6 is 0 Å². The van der Waals surface area contributed by atoms with Crippen LogP contribution in [0.2, 0.25) is 0 Å². The van der Waals surface area contributed by atoms with Gasteiger partial charge in [0.25, 0.3) is 0 Å². The van der Waals surface area contributed by atoms with Crippen LogP contribution in [0, 0.1) is 29.1 Å². The molecule has 0 amide bonds. The standard InChI is InChI=1S/C24H14F5NO/c1-31-14-7-4-6-13(12-14)15-8-5-9-16(18(15)17-10-2-3-11-30-17)19-20(25)22(27)24(29)23(28)21(19)26/h2-12H,1H3. The van der Waals surface area contributed by atoms with Crippen LogP contribution in [0.3, 0.4) is 0 Å². The molecule has 156 valence electrons. The van der Waals surface area contributed by atoms with Crippen molar-refractivity contribution in [3.8, 4) is 39.3 Å². The van der Waals surface area contributed by atoms with Crippen molar-refractivity contribution in [3.63, 3.8) is 0 Å². The monoisotopic (exact) mass is 427 g/mol. The Bertz CT molecular complexity index is 1250. The van der Waals surface area contributed by atoms with Gasteiger partial charge in [-0.15, -0.1) is 0 Å². The fraction of sp³-hybridized carbons (Fsp3) is 0.0417. The van der Waals surface area contributed by atoms with Gasteiger partial charge in [-0.2, -0.15) is 0 Å². The first-order valence-corrected chi connectivity index (χ1v) is 9.14. The van der Waals surface area contributed by atoms with E-state index in [4.69, 9.17) is 4.74 Å². The zero-order valence-electron chi connectivity index (χ0n) is 16.1. The molecule has 0 aliphatic rings. The van der Waals surface area contributed by atoms with E-state index in [0.29, 0.717) is 22.6 Å². The van der Waals surface area contributed by atoms with Gasteiger partial charge in [0, 0.05) is 11.8 Å². The third kappa shape index (κ3) is 3.52. The molecule has 0 atom stereocenters. The second-order valence-electron chi connectivity index (χ2n) is 6.62. The average Bonchev–Trinajstić information content (AvgIpc) is 2.82. The van der Waals surface area contributed by atoms with E-state index >= 15 is 0 Å². The molecule has 0 N–H and O–H groups in total. The molecule has 3 aromatic carbocycles. The van der Waals surface area contributed by atoms with E-state index in [9.17, 15) is 22.0 Å². The van der Waals surface area contributed by atoms with Gasteiger partial charge >= 0.3 is 0 Å². The van der Waals surface area contributed by atoms with Gasteiger partial charge in [-0.3, -0.25) is 4.98 Å². The van der Waals surface area contributed by atoms with E-state index in [-0.39, 0.29) is 11.1 Å². The molecule has 4 rings (SSSR count). The SMILES string of the molecule is COc1cccc(-c2cccc(-c3c(F)c(F)c(F)c(F)c3F)c2-c2ccccn2)c1. The Labute approximate surface area is 174 Å². The molecular formula is C24H14F5NO. The molecule has 0 aliphatic heterocycles. The number of halogens is 5. The number of nitrogens with zero attached hydrogens (tertiary/aromatic N) is 1. The maximum Gasteiger partial charge on any atom is 0.200 e. The molecule has 0 bridgehead atoms. The first-order chi connectivity index (χ1) is 14.9. The van der Waals surface area contributed by atoms with Crippen molar-refractivity contribution >= 4 is 0 Å². The largest absolute Gasteiger partial charge is 0.497 e. The van der Waals surface area contributed by atoms with Crippen molar-refractivity contribution in [2.45, 2.75) is 0 Å². The number of pyridine rings is 1. The van der Waals surface area contributed by atoms with E-state index in [1.165, 1.54) is 25.4 Å². The first-order valence-electron chi connectivity index (χ1n) is 9.14. The van der Waals surface area contributed by atoms with Crippen LogP contribution < -0.4 is 4.74 Å². The summed E-state index contributed by atoms with van der Waals surface area (Å²) in [5.41, 5.74) is 0.442. The highest BCUT2D eigenvalue weighted by molar-refractivity contribution is 5.93. The number of aromatic nitrogens is 1. The van der Waals surface area contributed by atoms with Crippen molar-refractivity contribution in [1.82, 2.24) is 4.98 Å². The van der Waals surface area contributed by atoms with Gasteiger partial charge in [0.1, 0.15) is 5.75 Å². The minimum absolute atomic E-state index is 0.174. The molecule has 0 spiro atoms. The summed E-state index contributed by atoms with van der Waals surface area (Å²) in [5, 5.41) is 0. The number of hydrogen-bond donors (Lipinski definition) is 0. The lowest BCUT2D eigenvalue weighted by Gasteiger charge is -2.17. The van der Waals surface area contributed by atoms with Gasteiger partial charge in [-0.1, -0.05) is 36.4 Å². The normalized spacial score (nSPS) is 10.9. The molecule has 0 saturated carbocycles. The Morgan fingerprint density at radius 2 is 1.29 bits per heavy atom. The molecule has 4 aromatic rings. The summed E-state index contributed by atoms with van der Waals surface area (Å²) in [6, 6.07) is 16.2. The average molecular weight is 427 g/mol. The molecule has 1 heterocycles. The minimum atomic E-state index is -2.21. The predicted molar refractivity (Wildman–Crippen MR) is 107 cm³/mol. The Kier molecular flexibility index (Phi) is 5.42. The molecule has 0 fully saturated rings. The highest BCUT2D eigenvalue weighted by Crippen LogP contribution is 2.42. The first kappa shape index (κ1) is 20.5. The molecule has 0 radical (unpaired) electrons. The van der Waals surface area contributed by atoms with E-state index in [0.717, 1.165) is 0 Å². The Balaban J connectivity index is 2.11. The maximum absolute atomic E-state index is 14.7. The van der Waals surface area contributed by atoms with Crippen LogP contribution in [-0.4, -0.2) is 12.1 Å². The third-order valence-corrected chi connectivity index (χ3v) is 4.85. The van der Waals surface area contributed by atoms with Crippen molar-refractivity contribution in [2.24, 2.45) is 0 Å². The lowest BCUT2D eigenvalue weighted by atomic mass is 9.89. The molecule has 7 heteroatoms. The van der Waals surface area contributed by atoms with E-state index in [2.05, 4.69) is 4.98 Å². The predicted octanol–water partition coefficient (Wildman–Crippen LogP) is 6.79. The lowest BCUT2D eigenvalue weighted by Crippen LogP contribution is -2.05. The third-order valence-electron chi connectivity index (χ3n) is 4.85. The smallest absolute Gasteiger partial charge is 0.200 e. The van der Waals surface area contributed by atoms with E-state index in [1.807, 2.05) is 0 Å². The van der Waals surface area contributed by atoms with Crippen LogP contribution in [-0.2, 0) is 0 Å². The van der Waals surface area contributed by atoms with Crippen molar-refractivity contribution in [3.05, 3.63) is 95.9 Å². The van der Waals surface area contributed by atoms with Gasteiger partial charge in [0.05, 0.1) is 18.4 Å². The molecular weight excluding hydrogens is 413 g/mol. The highest BCUT2D eigenvalue weighted by atomic mass is 19.2. The van der Waals surface area contributed by atoms with E-state index < -0.39 is 34.6 Å². The summed E-state index contributed by atoms with van der Waals surface area (Å²) in [6.07, 6.45) is 1.47. The summed E-state index contributed by atoms with van der Waals surface area (Å²) in [4.78, 5) is 4.25. The molecule has 0 unspecified atom stereocenters. The Hall–Kier alpha value is -3.74. The molecule has 0 aliphatic carbocycles. The number of benzene rings is 3. The van der Waals surface area contributed by atoms with Gasteiger partial charge in [-0.05, 0) is 41.0 Å². The topological polar surface area (TPSA) is 22.1 Å².